The lowest BCUT2D eigenvalue weighted by Gasteiger charge is -2.24. The van der Waals surface area contributed by atoms with E-state index in [1.165, 1.54) is 0 Å². The lowest BCUT2D eigenvalue weighted by atomic mass is 9.93. The molecule has 2 aliphatic carbocycles. The second kappa shape index (κ2) is 2.47. The third-order valence-electron chi connectivity index (χ3n) is 5.23. The second-order valence-electron chi connectivity index (χ2n) is 6.24. The fourth-order valence-corrected chi connectivity index (χ4v) is 3.40. The van der Waals surface area contributed by atoms with Gasteiger partial charge in [0.1, 0.15) is 16.8 Å². The monoisotopic (exact) mass is 232 g/mol. The van der Waals surface area contributed by atoms with Gasteiger partial charge in [0, 0.05) is 10.8 Å². The molecule has 94 valence electrons. The molecule has 0 radical (unpaired) electrons. The summed E-state index contributed by atoms with van der Waals surface area (Å²) >= 11 is 0. The van der Waals surface area contributed by atoms with Crippen molar-refractivity contribution in [1.82, 2.24) is 0 Å². The van der Waals surface area contributed by atoms with Crippen molar-refractivity contribution in [2.45, 2.75) is 50.6 Å². The number of hydrogen-bond donors (Lipinski definition) is 5. The van der Waals surface area contributed by atoms with Crippen LogP contribution in [-0.2, 0) is 0 Å². The Labute approximate surface area is 94.3 Å². The molecule has 2 rings (SSSR count). The SMILES string of the molecule is CC1(C)C(O)[C@]1(O)[C@]1(O)C(C)(C)[C@@]1(O)CO. The molecule has 0 bridgehead atoms. The molecule has 0 spiro atoms. The molecule has 5 nitrogen and oxygen atoms in total. The highest BCUT2D eigenvalue weighted by Gasteiger charge is 2.98. The number of aliphatic hydroxyl groups excluding tert-OH is 2. The summed E-state index contributed by atoms with van der Waals surface area (Å²) in [5.74, 6) is 0. The Balaban J connectivity index is 2.46. The van der Waals surface area contributed by atoms with Crippen LogP contribution >= 0.6 is 0 Å². The number of rotatable bonds is 2. The van der Waals surface area contributed by atoms with Crippen molar-refractivity contribution >= 4 is 0 Å². The maximum Gasteiger partial charge on any atom is 0.136 e. The van der Waals surface area contributed by atoms with Gasteiger partial charge in [-0.2, -0.15) is 0 Å². The zero-order valence-corrected chi connectivity index (χ0v) is 10.0. The van der Waals surface area contributed by atoms with Crippen molar-refractivity contribution in [1.29, 1.82) is 0 Å². The maximum absolute atomic E-state index is 10.5. The van der Waals surface area contributed by atoms with Crippen LogP contribution in [0, 0.1) is 10.8 Å². The van der Waals surface area contributed by atoms with Gasteiger partial charge in [-0.05, 0) is 0 Å². The van der Waals surface area contributed by atoms with Crippen LogP contribution in [0.4, 0.5) is 0 Å². The molecular formula is C11H20O5. The minimum atomic E-state index is -1.88. The van der Waals surface area contributed by atoms with Crippen molar-refractivity contribution in [3.05, 3.63) is 0 Å². The number of aliphatic hydroxyl groups is 5. The third kappa shape index (κ3) is 0.726. The van der Waals surface area contributed by atoms with E-state index < -0.39 is 40.3 Å². The Bertz CT molecular complexity index is 352. The Kier molecular flexibility index (Phi) is 1.89. The van der Waals surface area contributed by atoms with E-state index >= 15 is 0 Å². The van der Waals surface area contributed by atoms with E-state index in [4.69, 9.17) is 0 Å². The van der Waals surface area contributed by atoms with Gasteiger partial charge in [-0.1, -0.05) is 27.7 Å². The van der Waals surface area contributed by atoms with Crippen molar-refractivity contribution < 1.29 is 25.5 Å². The molecule has 5 heteroatoms. The molecule has 0 aromatic carbocycles. The molecule has 4 atom stereocenters. The summed E-state index contributed by atoms with van der Waals surface area (Å²) < 4.78 is 0. The highest BCUT2D eigenvalue weighted by Crippen LogP contribution is 2.78. The van der Waals surface area contributed by atoms with Gasteiger partial charge < -0.3 is 25.5 Å². The van der Waals surface area contributed by atoms with E-state index in [-0.39, 0.29) is 0 Å². The molecule has 0 aromatic heterocycles. The molecule has 1 unspecified atom stereocenters. The van der Waals surface area contributed by atoms with Gasteiger partial charge in [0.15, 0.2) is 0 Å². The first-order valence-electron chi connectivity index (χ1n) is 5.43. The zero-order valence-electron chi connectivity index (χ0n) is 10.0. The second-order valence-corrected chi connectivity index (χ2v) is 6.24. The predicted molar refractivity (Wildman–Crippen MR) is 55.5 cm³/mol. The topological polar surface area (TPSA) is 101 Å². The predicted octanol–water partition coefficient (Wildman–Crippen LogP) is -1.39. The maximum atomic E-state index is 10.5. The van der Waals surface area contributed by atoms with Gasteiger partial charge in [0.25, 0.3) is 0 Å². The third-order valence-corrected chi connectivity index (χ3v) is 5.23. The van der Waals surface area contributed by atoms with E-state index in [0.717, 1.165) is 0 Å². The summed E-state index contributed by atoms with van der Waals surface area (Å²) in [4.78, 5) is 0. The smallest absolute Gasteiger partial charge is 0.136 e. The van der Waals surface area contributed by atoms with E-state index in [0.29, 0.717) is 0 Å². The minimum Gasteiger partial charge on any atom is -0.393 e. The molecule has 2 fully saturated rings. The first-order valence-corrected chi connectivity index (χ1v) is 5.43. The fourth-order valence-electron chi connectivity index (χ4n) is 3.40. The Hall–Kier alpha value is -0.200. The molecule has 0 aliphatic heterocycles. The lowest BCUT2D eigenvalue weighted by Crippen LogP contribution is -2.46. The fraction of sp³-hybridized carbons (Fsp3) is 1.00. The van der Waals surface area contributed by atoms with Crippen LogP contribution in [-0.4, -0.2) is 55.0 Å². The Morgan fingerprint density at radius 3 is 1.56 bits per heavy atom. The molecule has 2 saturated carbocycles. The number of hydrogen-bond acceptors (Lipinski definition) is 5. The standard InChI is InChI=1S/C11H20O5/c1-7(2)6(13)10(7,15)11(16)8(3,4)9(11,14)5-12/h6,12-16H,5H2,1-4H3/t6?,9-,10+,11-/m0/s1. The average molecular weight is 232 g/mol. The molecule has 2 aliphatic rings. The highest BCUT2D eigenvalue weighted by molar-refractivity contribution is 5.47. The van der Waals surface area contributed by atoms with Crippen LogP contribution in [0.1, 0.15) is 27.7 Å². The van der Waals surface area contributed by atoms with Gasteiger partial charge in [-0.25, -0.2) is 0 Å². The Morgan fingerprint density at radius 2 is 1.38 bits per heavy atom. The van der Waals surface area contributed by atoms with E-state index in [1.807, 2.05) is 0 Å². The van der Waals surface area contributed by atoms with E-state index in [9.17, 15) is 25.5 Å². The van der Waals surface area contributed by atoms with Gasteiger partial charge in [0.2, 0.25) is 0 Å². The summed E-state index contributed by atoms with van der Waals surface area (Å²) in [5, 5.41) is 49.9. The first kappa shape index (κ1) is 12.3. The van der Waals surface area contributed by atoms with Crippen LogP contribution in [0.25, 0.3) is 0 Å². The summed E-state index contributed by atoms with van der Waals surface area (Å²) in [7, 11) is 0. The molecule has 0 aromatic rings. The quantitative estimate of drug-likeness (QED) is 0.403. The first-order chi connectivity index (χ1) is 6.97. The highest BCUT2D eigenvalue weighted by atomic mass is 16.5. The normalized spacial score (nSPS) is 57.2. The molecule has 16 heavy (non-hydrogen) atoms. The van der Waals surface area contributed by atoms with Crippen LogP contribution in [0.5, 0.6) is 0 Å². The van der Waals surface area contributed by atoms with Gasteiger partial charge in [-0.15, -0.1) is 0 Å². The van der Waals surface area contributed by atoms with E-state index in [1.54, 1.807) is 27.7 Å². The summed E-state index contributed by atoms with van der Waals surface area (Å²) in [6, 6.07) is 0. The molecule has 0 heterocycles. The van der Waals surface area contributed by atoms with Gasteiger partial charge in [0.05, 0.1) is 12.7 Å². The van der Waals surface area contributed by atoms with Crippen molar-refractivity contribution in [2.24, 2.45) is 10.8 Å². The van der Waals surface area contributed by atoms with Crippen LogP contribution in [0.2, 0.25) is 0 Å². The summed E-state index contributed by atoms with van der Waals surface area (Å²) in [5.41, 5.74) is -7.38. The van der Waals surface area contributed by atoms with Crippen LogP contribution in [0.3, 0.4) is 0 Å². The van der Waals surface area contributed by atoms with Crippen molar-refractivity contribution in [2.75, 3.05) is 6.61 Å². The van der Waals surface area contributed by atoms with Crippen LogP contribution in [0.15, 0.2) is 0 Å². The summed E-state index contributed by atoms with van der Waals surface area (Å²) in [6.07, 6.45) is -1.11. The molecular weight excluding hydrogens is 212 g/mol. The average Bonchev–Trinajstić information content (AvgIpc) is 2.76. The largest absolute Gasteiger partial charge is 0.393 e. The van der Waals surface area contributed by atoms with Gasteiger partial charge >= 0.3 is 0 Å². The summed E-state index contributed by atoms with van der Waals surface area (Å²) in [6.45, 7) is 5.69. The molecule has 0 amide bonds. The van der Waals surface area contributed by atoms with Crippen molar-refractivity contribution in [3.63, 3.8) is 0 Å². The van der Waals surface area contributed by atoms with E-state index in [2.05, 4.69) is 0 Å². The molecule has 5 N–H and O–H groups in total. The molecule has 0 saturated heterocycles. The zero-order chi connectivity index (χ0) is 12.8. The van der Waals surface area contributed by atoms with Gasteiger partial charge in [-0.3, -0.25) is 0 Å². The Morgan fingerprint density at radius 1 is 1.00 bits per heavy atom. The lowest BCUT2D eigenvalue weighted by molar-refractivity contribution is -0.116. The minimum absolute atomic E-state index is 0.651. The van der Waals surface area contributed by atoms with Crippen molar-refractivity contribution in [3.8, 4) is 0 Å². The van der Waals surface area contributed by atoms with Crippen LogP contribution < -0.4 is 0 Å².